The van der Waals surface area contributed by atoms with E-state index < -0.39 is 0 Å². The quantitative estimate of drug-likeness (QED) is 0.428. The van der Waals surface area contributed by atoms with Gasteiger partial charge in [0.25, 0.3) is 0 Å². The van der Waals surface area contributed by atoms with Crippen molar-refractivity contribution in [3.8, 4) is 0 Å². The highest BCUT2D eigenvalue weighted by atomic mass is 16.5. The van der Waals surface area contributed by atoms with Crippen LogP contribution in [-0.4, -0.2) is 25.7 Å². The van der Waals surface area contributed by atoms with Crippen LogP contribution < -0.4 is 5.32 Å². The topological polar surface area (TPSA) is 38.3 Å². The number of carbonyl (C=O) groups is 1. The maximum absolute atomic E-state index is 11.2. The van der Waals surface area contributed by atoms with Crippen LogP contribution in [0.4, 0.5) is 0 Å². The highest BCUT2D eigenvalue weighted by Crippen LogP contribution is 2.11. The van der Waals surface area contributed by atoms with Gasteiger partial charge in [-0.2, -0.15) is 0 Å². The lowest BCUT2D eigenvalue weighted by molar-refractivity contribution is -0.141. The number of rotatable bonds is 12. The summed E-state index contributed by atoms with van der Waals surface area (Å²) in [4.78, 5) is 11.2. The Bertz CT molecular complexity index is 195. The molecule has 3 heteroatoms. The van der Waals surface area contributed by atoms with E-state index in [-0.39, 0.29) is 12.0 Å². The summed E-state index contributed by atoms with van der Waals surface area (Å²) in [5.41, 5.74) is 0. The molecule has 0 saturated carbocycles. The van der Waals surface area contributed by atoms with Crippen LogP contribution in [0.2, 0.25) is 0 Å². The van der Waals surface area contributed by atoms with Crippen LogP contribution in [0.3, 0.4) is 0 Å². The van der Waals surface area contributed by atoms with Gasteiger partial charge in [0.15, 0.2) is 0 Å². The van der Waals surface area contributed by atoms with E-state index in [4.69, 9.17) is 4.74 Å². The van der Waals surface area contributed by atoms with Crippen molar-refractivity contribution in [2.45, 2.75) is 77.7 Å². The fourth-order valence-electron chi connectivity index (χ4n) is 2.20. The standard InChI is InChI=1S/C15H31NO2/c1-4-6-7-8-9-10-11-12-14(16-5-2)13-15(17)18-3/h14,16H,4-13H2,1-3H3. The number of nitrogens with one attached hydrogen (secondary N) is 1. The lowest BCUT2D eigenvalue weighted by atomic mass is 10.0. The van der Waals surface area contributed by atoms with Crippen LogP contribution in [0.5, 0.6) is 0 Å². The molecule has 108 valence electrons. The summed E-state index contributed by atoms with van der Waals surface area (Å²) in [6.45, 7) is 5.24. The molecule has 0 radical (unpaired) electrons. The summed E-state index contributed by atoms with van der Waals surface area (Å²) < 4.78 is 4.72. The van der Waals surface area contributed by atoms with Gasteiger partial charge in [-0.1, -0.05) is 58.8 Å². The molecule has 0 aliphatic carbocycles. The molecule has 0 rings (SSSR count). The van der Waals surface area contributed by atoms with Crippen molar-refractivity contribution in [2.24, 2.45) is 0 Å². The van der Waals surface area contributed by atoms with Gasteiger partial charge in [-0.25, -0.2) is 0 Å². The molecule has 0 fully saturated rings. The van der Waals surface area contributed by atoms with Crippen LogP contribution in [-0.2, 0) is 9.53 Å². The Morgan fingerprint density at radius 1 is 1.06 bits per heavy atom. The maximum Gasteiger partial charge on any atom is 0.307 e. The monoisotopic (exact) mass is 257 g/mol. The summed E-state index contributed by atoms with van der Waals surface area (Å²) in [6, 6.07) is 0.290. The first kappa shape index (κ1) is 17.4. The zero-order valence-electron chi connectivity index (χ0n) is 12.5. The number of methoxy groups -OCH3 is 1. The minimum Gasteiger partial charge on any atom is -0.469 e. The minimum absolute atomic E-state index is 0.108. The van der Waals surface area contributed by atoms with Gasteiger partial charge in [0, 0.05) is 6.04 Å². The van der Waals surface area contributed by atoms with Gasteiger partial charge < -0.3 is 10.1 Å². The number of hydrogen-bond donors (Lipinski definition) is 1. The van der Waals surface area contributed by atoms with Crippen LogP contribution in [0.15, 0.2) is 0 Å². The molecule has 0 aromatic heterocycles. The van der Waals surface area contributed by atoms with Crippen molar-refractivity contribution in [1.29, 1.82) is 0 Å². The van der Waals surface area contributed by atoms with E-state index in [9.17, 15) is 4.79 Å². The van der Waals surface area contributed by atoms with Crippen LogP contribution in [0.1, 0.15) is 71.6 Å². The van der Waals surface area contributed by atoms with Crippen LogP contribution in [0.25, 0.3) is 0 Å². The second-order valence-corrected chi connectivity index (χ2v) is 4.94. The van der Waals surface area contributed by atoms with Crippen molar-refractivity contribution >= 4 is 5.97 Å². The fraction of sp³-hybridized carbons (Fsp3) is 0.933. The van der Waals surface area contributed by atoms with E-state index in [1.807, 2.05) is 0 Å². The van der Waals surface area contributed by atoms with E-state index >= 15 is 0 Å². The Morgan fingerprint density at radius 3 is 2.22 bits per heavy atom. The van der Waals surface area contributed by atoms with Gasteiger partial charge in [-0.15, -0.1) is 0 Å². The van der Waals surface area contributed by atoms with Crippen molar-refractivity contribution in [3.05, 3.63) is 0 Å². The van der Waals surface area contributed by atoms with E-state index in [1.165, 1.54) is 52.1 Å². The first-order valence-corrected chi connectivity index (χ1v) is 7.54. The van der Waals surface area contributed by atoms with Gasteiger partial charge in [-0.3, -0.25) is 4.79 Å². The maximum atomic E-state index is 11.2. The normalized spacial score (nSPS) is 12.4. The molecule has 0 aliphatic heterocycles. The zero-order valence-corrected chi connectivity index (χ0v) is 12.5. The zero-order chi connectivity index (χ0) is 13.6. The summed E-state index contributed by atoms with van der Waals surface area (Å²) in [5.74, 6) is -0.108. The summed E-state index contributed by atoms with van der Waals surface area (Å²) >= 11 is 0. The summed E-state index contributed by atoms with van der Waals surface area (Å²) in [5, 5.41) is 3.36. The molecule has 1 atom stereocenters. The molecule has 3 nitrogen and oxygen atoms in total. The van der Waals surface area contributed by atoms with Crippen molar-refractivity contribution in [2.75, 3.05) is 13.7 Å². The number of hydrogen-bond acceptors (Lipinski definition) is 3. The Morgan fingerprint density at radius 2 is 1.67 bits per heavy atom. The lowest BCUT2D eigenvalue weighted by Crippen LogP contribution is -2.31. The minimum atomic E-state index is -0.108. The lowest BCUT2D eigenvalue weighted by Gasteiger charge is -2.16. The summed E-state index contributed by atoms with van der Waals surface area (Å²) in [6.07, 6.45) is 10.8. The molecule has 0 aromatic rings. The SMILES string of the molecule is CCCCCCCCCC(CC(=O)OC)NCC. The van der Waals surface area contributed by atoms with Gasteiger partial charge in [0.05, 0.1) is 13.5 Å². The highest BCUT2D eigenvalue weighted by Gasteiger charge is 2.12. The molecule has 1 unspecified atom stereocenters. The third-order valence-corrected chi connectivity index (χ3v) is 3.29. The Kier molecular flexibility index (Phi) is 12.5. The molecule has 0 aromatic carbocycles. The molecule has 0 spiro atoms. The summed E-state index contributed by atoms with van der Waals surface area (Å²) in [7, 11) is 1.46. The van der Waals surface area contributed by atoms with Gasteiger partial charge in [0.2, 0.25) is 0 Å². The predicted molar refractivity (Wildman–Crippen MR) is 76.7 cm³/mol. The van der Waals surface area contributed by atoms with Crippen molar-refractivity contribution in [3.63, 3.8) is 0 Å². The van der Waals surface area contributed by atoms with Crippen LogP contribution in [0, 0.1) is 0 Å². The van der Waals surface area contributed by atoms with Crippen molar-refractivity contribution < 1.29 is 9.53 Å². The van der Waals surface area contributed by atoms with Gasteiger partial charge in [-0.05, 0) is 13.0 Å². The Balaban J connectivity index is 3.54. The average molecular weight is 257 g/mol. The van der Waals surface area contributed by atoms with E-state index in [2.05, 4.69) is 19.2 Å². The molecule has 1 N–H and O–H groups in total. The molecule has 0 amide bonds. The van der Waals surface area contributed by atoms with Crippen molar-refractivity contribution in [1.82, 2.24) is 5.32 Å². The second kappa shape index (κ2) is 12.9. The smallest absolute Gasteiger partial charge is 0.307 e. The Labute approximate surface area is 113 Å². The second-order valence-electron chi connectivity index (χ2n) is 4.94. The highest BCUT2D eigenvalue weighted by molar-refractivity contribution is 5.69. The molecule has 18 heavy (non-hydrogen) atoms. The van der Waals surface area contributed by atoms with Gasteiger partial charge >= 0.3 is 5.97 Å². The molecular weight excluding hydrogens is 226 g/mol. The van der Waals surface area contributed by atoms with Crippen LogP contribution >= 0.6 is 0 Å². The number of ether oxygens (including phenoxy) is 1. The number of unbranched alkanes of at least 4 members (excludes halogenated alkanes) is 6. The fourth-order valence-corrected chi connectivity index (χ4v) is 2.20. The van der Waals surface area contributed by atoms with E-state index in [0.29, 0.717) is 6.42 Å². The van der Waals surface area contributed by atoms with E-state index in [1.54, 1.807) is 0 Å². The van der Waals surface area contributed by atoms with E-state index in [0.717, 1.165) is 13.0 Å². The Hall–Kier alpha value is -0.570. The third kappa shape index (κ3) is 10.6. The van der Waals surface area contributed by atoms with Gasteiger partial charge in [0.1, 0.15) is 0 Å². The molecular formula is C15H31NO2. The number of esters is 1. The molecule has 0 bridgehead atoms. The first-order chi connectivity index (χ1) is 8.74. The largest absolute Gasteiger partial charge is 0.469 e. The number of carbonyl (C=O) groups excluding carboxylic acids is 1. The molecule has 0 saturated heterocycles. The third-order valence-electron chi connectivity index (χ3n) is 3.29. The average Bonchev–Trinajstić information content (AvgIpc) is 2.37. The first-order valence-electron chi connectivity index (χ1n) is 7.54. The predicted octanol–water partition coefficient (Wildman–Crippen LogP) is 3.67. The molecule has 0 aliphatic rings. The molecule has 0 heterocycles.